The number of carbonyl (C=O) groups is 3. The molecule has 0 saturated heterocycles. The van der Waals surface area contributed by atoms with E-state index in [-0.39, 0.29) is 51.4 Å². The molecule has 3 aromatic rings. The second-order valence-electron chi connectivity index (χ2n) is 9.23. The third-order valence-corrected chi connectivity index (χ3v) is 8.18. The van der Waals surface area contributed by atoms with Crippen molar-refractivity contribution in [3.63, 3.8) is 0 Å². The van der Waals surface area contributed by atoms with Crippen molar-refractivity contribution in [1.82, 2.24) is 35.2 Å². The van der Waals surface area contributed by atoms with Crippen LogP contribution in [-0.4, -0.2) is 65.6 Å². The number of amides is 3. The lowest BCUT2D eigenvalue weighted by molar-refractivity contribution is -0.121. The summed E-state index contributed by atoms with van der Waals surface area (Å²) in [6.07, 6.45) is 2.37. The first-order chi connectivity index (χ1) is 20.4. The Balaban J connectivity index is 1.68. The van der Waals surface area contributed by atoms with Crippen LogP contribution in [-0.2, 0) is 26.1 Å². The largest absolute Gasteiger partial charge is 0.452 e. The molecule has 0 bridgehead atoms. The van der Waals surface area contributed by atoms with E-state index in [9.17, 15) is 22.8 Å². The molecule has 43 heavy (non-hydrogen) atoms. The molecule has 1 aliphatic carbocycles. The van der Waals surface area contributed by atoms with Gasteiger partial charge in [0.2, 0.25) is 10.0 Å². The molecular weight excluding hydrogens is 621 g/mol. The third kappa shape index (κ3) is 7.40. The Bertz CT molecular complexity index is 1720. The van der Waals surface area contributed by atoms with Crippen molar-refractivity contribution in [2.24, 2.45) is 0 Å². The monoisotopic (exact) mass is 647 g/mol. The van der Waals surface area contributed by atoms with Crippen LogP contribution in [0.5, 0.6) is 0 Å². The summed E-state index contributed by atoms with van der Waals surface area (Å²) < 4.78 is 33.8. The van der Waals surface area contributed by atoms with E-state index in [1.807, 2.05) is 0 Å². The Morgan fingerprint density at radius 1 is 1.14 bits per heavy atom. The number of hydrogen-bond donors (Lipinski definition) is 3. The van der Waals surface area contributed by atoms with Crippen LogP contribution in [0.25, 0.3) is 5.82 Å². The summed E-state index contributed by atoms with van der Waals surface area (Å²) in [7, 11) is -1.41. The van der Waals surface area contributed by atoms with Gasteiger partial charge >= 0.3 is 6.09 Å². The van der Waals surface area contributed by atoms with Crippen molar-refractivity contribution in [3.8, 4) is 5.82 Å². The number of carbonyl (C=O) groups excluding carboxylic acids is 3. The van der Waals surface area contributed by atoms with Gasteiger partial charge in [0.15, 0.2) is 5.82 Å². The van der Waals surface area contributed by atoms with Gasteiger partial charge in [-0.3, -0.25) is 15.0 Å². The third-order valence-electron chi connectivity index (χ3n) is 6.19. The number of methoxy groups -OCH3 is 1. The number of allylic oxidation sites excluding steroid dienone is 2. The van der Waals surface area contributed by atoms with E-state index in [1.165, 1.54) is 36.1 Å². The number of halogens is 2. The Labute approximate surface area is 257 Å². The summed E-state index contributed by atoms with van der Waals surface area (Å²) in [5.74, 6) is -1.26. The minimum Gasteiger partial charge on any atom is -0.452 e. The molecule has 0 spiro atoms. The highest BCUT2D eigenvalue weighted by molar-refractivity contribution is 7.89. The highest BCUT2D eigenvalue weighted by Crippen LogP contribution is 2.28. The Morgan fingerprint density at radius 3 is 2.53 bits per heavy atom. The molecule has 1 aromatic carbocycles. The summed E-state index contributed by atoms with van der Waals surface area (Å²) in [4.78, 5) is 42.9. The lowest BCUT2D eigenvalue weighted by Gasteiger charge is -2.24. The minimum atomic E-state index is -3.88. The number of hydrogen-bond acceptors (Lipinski definition) is 8. The SMILES string of the molecule is COC(=O)N(C)NC(=O)C1=C(NC(=O)c2cc(CNS(=O)(=O)c3ccccc3)nn2-c2ncccc2Cl)C(C)=CC(Cl)C1. The number of pyridine rings is 1. The topological polar surface area (TPSA) is 165 Å². The summed E-state index contributed by atoms with van der Waals surface area (Å²) >= 11 is 12.7. The second kappa shape index (κ2) is 13.4. The highest BCUT2D eigenvalue weighted by Gasteiger charge is 2.29. The minimum absolute atomic E-state index is 0.0470. The predicted molar refractivity (Wildman–Crippen MR) is 158 cm³/mol. The fourth-order valence-electron chi connectivity index (χ4n) is 4.13. The van der Waals surface area contributed by atoms with Gasteiger partial charge < -0.3 is 10.1 Å². The Kier molecular flexibility index (Phi) is 9.86. The number of aromatic nitrogens is 3. The van der Waals surface area contributed by atoms with E-state index in [4.69, 9.17) is 23.2 Å². The van der Waals surface area contributed by atoms with Crippen molar-refractivity contribution >= 4 is 51.1 Å². The molecule has 4 rings (SSSR count). The first-order valence-corrected chi connectivity index (χ1v) is 15.0. The molecule has 2 heterocycles. The van der Waals surface area contributed by atoms with Gasteiger partial charge in [-0.15, -0.1) is 11.6 Å². The summed E-state index contributed by atoms with van der Waals surface area (Å²) in [6, 6.07) is 12.3. The van der Waals surface area contributed by atoms with Gasteiger partial charge in [-0.05, 0) is 49.2 Å². The molecule has 0 aliphatic heterocycles. The van der Waals surface area contributed by atoms with Crippen LogP contribution in [0.4, 0.5) is 4.79 Å². The smallest absolute Gasteiger partial charge is 0.428 e. The fraction of sp³-hybridized carbons (Fsp3) is 0.222. The van der Waals surface area contributed by atoms with Crippen LogP contribution in [0, 0.1) is 0 Å². The molecule has 0 saturated carbocycles. The first-order valence-electron chi connectivity index (χ1n) is 12.7. The second-order valence-corrected chi connectivity index (χ2v) is 12.0. The van der Waals surface area contributed by atoms with Gasteiger partial charge in [0.1, 0.15) is 5.69 Å². The van der Waals surface area contributed by atoms with Gasteiger partial charge in [0.25, 0.3) is 11.8 Å². The van der Waals surface area contributed by atoms with E-state index in [1.54, 1.807) is 43.3 Å². The number of benzene rings is 1. The number of rotatable bonds is 8. The molecular formula is C27H27Cl2N7O6S. The van der Waals surface area contributed by atoms with Gasteiger partial charge in [0.05, 0.1) is 40.3 Å². The molecule has 1 atom stereocenters. The van der Waals surface area contributed by atoms with E-state index in [0.717, 1.165) is 12.1 Å². The maximum absolute atomic E-state index is 13.7. The average Bonchev–Trinajstić information content (AvgIpc) is 3.41. The maximum atomic E-state index is 13.7. The highest BCUT2D eigenvalue weighted by atomic mass is 35.5. The van der Waals surface area contributed by atoms with E-state index >= 15 is 0 Å². The van der Waals surface area contributed by atoms with E-state index in [2.05, 4.69) is 30.3 Å². The average molecular weight is 649 g/mol. The lowest BCUT2D eigenvalue weighted by Crippen LogP contribution is -2.45. The molecule has 3 amide bonds. The maximum Gasteiger partial charge on any atom is 0.428 e. The number of alkyl halides is 1. The van der Waals surface area contributed by atoms with E-state index in [0.29, 0.717) is 5.57 Å². The van der Waals surface area contributed by atoms with Crippen molar-refractivity contribution in [2.45, 2.75) is 30.2 Å². The van der Waals surface area contributed by atoms with Crippen molar-refractivity contribution in [2.75, 3.05) is 14.2 Å². The predicted octanol–water partition coefficient (Wildman–Crippen LogP) is 3.07. The van der Waals surface area contributed by atoms with Crippen LogP contribution in [0.1, 0.15) is 29.5 Å². The van der Waals surface area contributed by atoms with Gasteiger partial charge in [0, 0.05) is 18.8 Å². The van der Waals surface area contributed by atoms with E-state index < -0.39 is 33.3 Å². The summed E-state index contributed by atoms with van der Waals surface area (Å²) in [5, 5.41) is 7.63. The van der Waals surface area contributed by atoms with Gasteiger partial charge in [-0.2, -0.15) is 5.10 Å². The van der Waals surface area contributed by atoms with Crippen LogP contribution in [0.15, 0.2) is 82.5 Å². The van der Waals surface area contributed by atoms with Crippen molar-refractivity contribution in [1.29, 1.82) is 0 Å². The molecule has 226 valence electrons. The zero-order chi connectivity index (χ0) is 31.3. The molecule has 13 nitrogen and oxygen atoms in total. The zero-order valence-electron chi connectivity index (χ0n) is 23.2. The first kappa shape index (κ1) is 31.7. The lowest BCUT2D eigenvalue weighted by atomic mass is 9.95. The molecule has 1 aliphatic rings. The molecule has 0 fully saturated rings. The number of sulfonamides is 1. The van der Waals surface area contributed by atoms with Crippen molar-refractivity contribution < 1.29 is 27.5 Å². The summed E-state index contributed by atoms with van der Waals surface area (Å²) in [5.41, 5.74) is 3.32. The normalized spacial score (nSPS) is 15.0. The molecule has 1 unspecified atom stereocenters. The fourth-order valence-corrected chi connectivity index (χ4v) is 5.70. The van der Waals surface area contributed by atoms with Crippen molar-refractivity contribution in [3.05, 3.63) is 94.1 Å². The number of nitrogens with one attached hydrogen (secondary N) is 3. The zero-order valence-corrected chi connectivity index (χ0v) is 25.5. The number of hydrazine groups is 1. The molecule has 3 N–H and O–H groups in total. The quantitative estimate of drug-likeness (QED) is 0.248. The molecule has 16 heteroatoms. The molecule has 0 radical (unpaired) electrons. The van der Waals surface area contributed by atoms with Crippen LogP contribution in [0.2, 0.25) is 5.02 Å². The Morgan fingerprint density at radius 2 is 1.86 bits per heavy atom. The summed E-state index contributed by atoms with van der Waals surface area (Å²) in [6.45, 7) is 1.41. The van der Waals surface area contributed by atoms with Gasteiger partial charge in [-0.25, -0.2) is 32.6 Å². The van der Waals surface area contributed by atoms with Crippen LogP contribution in [0.3, 0.4) is 0 Å². The Hall–Kier alpha value is -4.24. The number of ether oxygens (including phenoxy) is 1. The van der Waals surface area contributed by atoms with Gasteiger partial charge in [-0.1, -0.05) is 35.9 Å². The molecule has 2 aromatic heterocycles. The number of nitrogens with zero attached hydrogens (tertiary/aromatic N) is 4. The van der Waals surface area contributed by atoms with Crippen LogP contribution >= 0.6 is 23.2 Å². The standard InChI is InChI=1S/C27H27Cl2N7O6S/c1-16-12-17(28)13-20(25(37)34-35(2)27(39)42-3)23(16)32-26(38)22-14-18(33-36(22)24-21(29)10-7-11-30-24)15-31-43(40,41)19-8-5-4-6-9-19/h4-12,14,17,31H,13,15H2,1-3H3,(H,32,38)(H,34,37). The van der Waals surface area contributed by atoms with Crippen LogP contribution < -0.4 is 15.5 Å².